The second kappa shape index (κ2) is 6.19. The Morgan fingerprint density at radius 1 is 1.32 bits per heavy atom. The molecule has 0 spiro atoms. The smallest absolute Gasteiger partial charge is 0.265 e. The lowest BCUT2D eigenvalue weighted by atomic mass is 10.2. The van der Waals surface area contributed by atoms with E-state index >= 15 is 0 Å². The number of hydrogen-bond donors (Lipinski definition) is 2. The molecule has 0 atom stereocenters. The lowest BCUT2D eigenvalue weighted by molar-refractivity contribution is 0.103. The molecule has 0 fully saturated rings. The molecule has 0 bridgehead atoms. The van der Waals surface area contributed by atoms with Crippen LogP contribution < -0.4 is 11.1 Å². The zero-order chi connectivity index (χ0) is 13.7. The van der Waals surface area contributed by atoms with Gasteiger partial charge >= 0.3 is 0 Å². The van der Waals surface area contributed by atoms with Crippen molar-refractivity contribution in [1.29, 1.82) is 0 Å². The minimum atomic E-state index is -0.0757. The Bertz CT molecular complexity index is 632. The number of hydrogen-bond acceptors (Lipinski definition) is 3. The summed E-state index contributed by atoms with van der Waals surface area (Å²) in [5, 5.41) is 4.78. The largest absolute Gasteiger partial charge is 0.321 e. The summed E-state index contributed by atoms with van der Waals surface area (Å²) in [6.45, 7) is 2.27. The van der Waals surface area contributed by atoms with Crippen molar-refractivity contribution in [2.24, 2.45) is 5.73 Å². The van der Waals surface area contributed by atoms with Crippen LogP contribution in [0.2, 0.25) is 0 Å². The molecule has 3 N–H and O–H groups in total. The molecule has 0 aliphatic heterocycles. The van der Waals surface area contributed by atoms with E-state index < -0.39 is 0 Å². The molecule has 1 heterocycles. The Morgan fingerprint density at radius 3 is 2.63 bits per heavy atom. The Kier molecular flexibility index (Phi) is 4.35. The van der Waals surface area contributed by atoms with E-state index in [-0.39, 0.29) is 5.91 Å². The van der Waals surface area contributed by atoms with Gasteiger partial charge in [0.05, 0.1) is 11.4 Å². The number of carbonyl (C=O) groups excluding carboxylic acids is 1. The maximum absolute atomic E-state index is 12.0. The van der Waals surface area contributed by atoms with Gasteiger partial charge in [-0.15, -0.1) is 11.3 Å². The van der Waals surface area contributed by atoms with Crippen LogP contribution in [0.25, 0.3) is 0 Å². The van der Waals surface area contributed by atoms with Gasteiger partial charge in [-0.2, -0.15) is 0 Å². The number of rotatable bonds is 2. The summed E-state index contributed by atoms with van der Waals surface area (Å²) in [6.07, 6.45) is 0. The van der Waals surface area contributed by atoms with E-state index in [1.54, 1.807) is 0 Å². The Morgan fingerprint density at radius 2 is 2.05 bits per heavy atom. The second-order valence-electron chi connectivity index (χ2n) is 3.97. The van der Waals surface area contributed by atoms with E-state index in [9.17, 15) is 4.79 Å². The summed E-state index contributed by atoms with van der Waals surface area (Å²) in [5.41, 5.74) is 7.95. The van der Waals surface area contributed by atoms with Crippen LogP contribution >= 0.6 is 11.3 Å². The molecule has 0 radical (unpaired) electrons. The maximum atomic E-state index is 12.0. The molecule has 1 amide bonds. The highest BCUT2D eigenvalue weighted by Gasteiger charge is 2.10. The predicted octanol–water partition coefficient (Wildman–Crippen LogP) is 2.62. The first-order chi connectivity index (χ1) is 9.20. The molecule has 3 nitrogen and oxygen atoms in total. The fourth-order valence-corrected chi connectivity index (χ4v) is 2.40. The van der Waals surface area contributed by atoms with E-state index in [2.05, 4.69) is 17.2 Å². The van der Waals surface area contributed by atoms with Gasteiger partial charge in [0.25, 0.3) is 5.91 Å². The van der Waals surface area contributed by atoms with Gasteiger partial charge in [-0.3, -0.25) is 4.79 Å². The van der Waals surface area contributed by atoms with Crippen LogP contribution in [0.5, 0.6) is 0 Å². The molecular weight excluding hydrogens is 256 g/mol. The molecule has 19 heavy (non-hydrogen) atoms. The minimum absolute atomic E-state index is 0.0757. The van der Waals surface area contributed by atoms with Crippen molar-refractivity contribution >= 4 is 22.9 Å². The normalized spacial score (nSPS) is 9.58. The molecule has 0 unspecified atom stereocenters. The topological polar surface area (TPSA) is 55.1 Å². The van der Waals surface area contributed by atoms with E-state index in [0.717, 1.165) is 21.7 Å². The molecule has 0 saturated heterocycles. The fraction of sp³-hybridized carbons (Fsp3) is 0.133. The lowest BCUT2D eigenvalue weighted by Gasteiger charge is -2.04. The van der Waals surface area contributed by atoms with Crippen LogP contribution in [0.3, 0.4) is 0 Å². The molecule has 0 saturated carbocycles. The summed E-state index contributed by atoms with van der Waals surface area (Å²) >= 11 is 1.44. The first-order valence-corrected chi connectivity index (χ1v) is 6.73. The average molecular weight is 270 g/mol. The fourth-order valence-electron chi connectivity index (χ4n) is 1.58. The first kappa shape index (κ1) is 13.3. The van der Waals surface area contributed by atoms with Crippen LogP contribution in [0.15, 0.2) is 35.7 Å². The van der Waals surface area contributed by atoms with E-state index in [4.69, 9.17) is 5.73 Å². The van der Waals surface area contributed by atoms with Crippen molar-refractivity contribution in [1.82, 2.24) is 0 Å². The van der Waals surface area contributed by atoms with Crippen molar-refractivity contribution < 1.29 is 4.79 Å². The van der Waals surface area contributed by atoms with Crippen molar-refractivity contribution in [3.8, 4) is 11.8 Å². The third-order valence-corrected chi connectivity index (χ3v) is 3.56. The lowest BCUT2D eigenvalue weighted by Crippen LogP contribution is -2.11. The Labute approximate surface area is 116 Å². The van der Waals surface area contributed by atoms with Crippen molar-refractivity contribution in [2.75, 3.05) is 11.9 Å². The molecule has 0 aliphatic rings. The van der Waals surface area contributed by atoms with Gasteiger partial charge in [0.15, 0.2) is 0 Å². The number of benzene rings is 1. The van der Waals surface area contributed by atoms with E-state index in [0.29, 0.717) is 6.54 Å². The van der Waals surface area contributed by atoms with Gasteiger partial charge in [-0.25, -0.2) is 0 Å². The second-order valence-corrected chi connectivity index (χ2v) is 4.89. The standard InChI is InChI=1S/C15H14N2OS/c1-11-8-10-19-14(11)15(18)17-13-6-4-12(5-7-13)3-2-9-16/h4-8,10H,9,16H2,1H3,(H,17,18). The first-order valence-electron chi connectivity index (χ1n) is 5.85. The number of nitrogens with two attached hydrogens (primary N) is 1. The van der Waals surface area contributed by atoms with Gasteiger partial charge in [0.2, 0.25) is 0 Å². The van der Waals surface area contributed by atoms with Gasteiger partial charge in [0.1, 0.15) is 0 Å². The minimum Gasteiger partial charge on any atom is -0.321 e. The number of amides is 1. The number of nitrogens with one attached hydrogen (secondary N) is 1. The Balaban J connectivity index is 2.08. The number of thiophene rings is 1. The van der Waals surface area contributed by atoms with Gasteiger partial charge in [-0.05, 0) is 48.2 Å². The van der Waals surface area contributed by atoms with Gasteiger partial charge < -0.3 is 11.1 Å². The number of anilines is 1. The highest BCUT2D eigenvalue weighted by molar-refractivity contribution is 7.12. The number of aryl methyl sites for hydroxylation is 1. The molecule has 2 aromatic rings. The van der Waals surface area contributed by atoms with Gasteiger partial charge in [-0.1, -0.05) is 11.8 Å². The van der Waals surface area contributed by atoms with Crippen LogP contribution in [0.1, 0.15) is 20.8 Å². The monoisotopic (exact) mass is 270 g/mol. The van der Waals surface area contributed by atoms with Crippen molar-refractivity contribution in [2.45, 2.75) is 6.92 Å². The summed E-state index contributed by atoms with van der Waals surface area (Å²) in [4.78, 5) is 12.8. The highest BCUT2D eigenvalue weighted by atomic mass is 32.1. The summed E-state index contributed by atoms with van der Waals surface area (Å²) in [5.74, 6) is 5.65. The Hall–Kier alpha value is -2.09. The molecule has 2 rings (SSSR count). The SMILES string of the molecule is Cc1ccsc1C(=O)Nc1ccc(C#CCN)cc1. The molecule has 1 aromatic carbocycles. The molecule has 96 valence electrons. The number of carbonyl (C=O) groups is 1. The van der Waals surface area contributed by atoms with Crippen LogP contribution in [-0.2, 0) is 0 Å². The molecule has 0 aliphatic carbocycles. The summed E-state index contributed by atoms with van der Waals surface area (Å²) in [6, 6.07) is 9.33. The zero-order valence-electron chi connectivity index (χ0n) is 10.6. The highest BCUT2D eigenvalue weighted by Crippen LogP contribution is 2.18. The van der Waals surface area contributed by atoms with Gasteiger partial charge in [0, 0.05) is 11.3 Å². The predicted molar refractivity (Wildman–Crippen MR) is 79.4 cm³/mol. The van der Waals surface area contributed by atoms with E-state index in [1.807, 2.05) is 42.6 Å². The molecule has 4 heteroatoms. The zero-order valence-corrected chi connectivity index (χ0v) is 11.4. The molecular formula is C15H14N2OS. The van der Waals surface area contributed by atoms with Crippen molar-refractivity contribution in [3.63, 3.8) is 0 Å². The van der Waals surface area contributed by atoms with E-state index in [1.165, 1.54) is 11.3 Å². The maximum Gasteiger partial charge on any atom is 0.265 e. The third kappa shape index (κ3) is 3.44. The summed E-state index contributed by atoms with van der Waals surface area (Å²) < 4.78 is 0. The quantitative estimate of drug-likeness (QED) is 0.824. The van der Waals surface area contributed by atoms with Crippen molar-refractivity contribution in [3.05, 3.63) is 51.7 Å². The summed E-state index contributed by atoms with van der Waals surface area (Å²) in [7, 11) is 0. The molecule has 1 aromatic heterocycles. The van der Waals surface area contributed by atoms with Crippen LogP contribution in [0.4, 0.5) is 5.69 Å². The van der Waals surface area contributed by atoms with Crippen LogP contribution in [-0.4, -0.2) is 12.5 Å². The third-order valence-electron chi connectivity index (χ3n) is 2.55. The average Bonchev–Trinajstić information content (AvgIpc) is 2.84. The van der Waals surface area contributed by atoms with Crippen LogP contribution in [0, 0.1) is 18.8 Å².